The van der Waals surface area contributed by atoms with Crippen LogP contribution in [0.25, 0.3) is 0 Å². The third kappa shape index (κ3) is 3.88. The predicted octanol–water partition coefficient (Wildman–Crippen LogP) is 0.487. The van der Waals surface area contributed by atoms with E-state index in [1.54, 1.807) is 6.07 Å². The van der Waals surface area contributed by atoms with Gasteiger partial charge in [0.25, 0.3) is 0 Å². The lowest BCUT2D eigenvalue weighted by Gasteiger charge is -2.09. The van der Waals surface area contributed by atoms with Crippen molar-refractivity contribution in [2.45, 2.75) is 30.7 Å². The summed E-state index contributed by atoms with van der Waals surface area (Å²) in [5, 5.41) is 0. The monoisotopic (exact) mass is 243 g/mol. The highest BCUT2D eigenvalue weighted by atomic mass is 32.2. The molecule has 0 aliphatic rings. The number of sulfonamides is 1. The van der Waals surface area contributed by atoms with E-state index in [4.69, 9.17) is 5.73 Å². The topological polar surface area (TPSA) is 85.1 Å². The third-order valence-corrected chi connectivity index (χ3v) is 3.72. The van der Waals surface area contributed by atoms with E-state index in [9.17, 15) is 8.42 Å². The summed E-state index contributed by atoms with van der Waals surface area (Å²) in [7, 11) is -3.43. The van der Waals surface area contributed by atoms with Crippen LogP contribution in [0.15, 0.2) is 29.4 Å². The normalized spacial score (nSPS) is 13.6. The van der Waals surface area contributed by atoms with E-state index in [-0.39, 0.29) is 10.9 Å². The molecule has 90 valence electrons. The largest absolute Gasteiger partial charge is 0.328 e. The minimum absolute atomic E-state index is 0.0385. The van der Waals surface area contributed by atoms with E-state index in [2.05, 4.69) is 9.71 Å². The molecule has 0 spiro atoms. The summed E-state index contributed by atoms with van der Waals surface area (Å²) in [4.78, 5) is 3.95. The standard InChI is InChI=1S/C10H17N3O2S/c1-2-9(11)5-7-13-16(14,15)10-4-3-6-12-8-10/h3-4,6,8-9,13H,2,5,7,11H2,1H3. The van der Waals surface area contributed by atoms with Crippen LogP contribution in [0, 0.1) is 0 Å². The third-order valence-electron chi connectivity index (χ3n) is 2.28. The predicted molar refractivity (Wildman–Crippen MR) is 62.3 cm³/mol. The number of nitrogens with zero attached hydrogens (tertiary/aromatic N) is 1. The molecule has 0 aromatic carbocycles. The second kappa shape index (κ2) is 5.93. The Labute approximate surface area is 96.1 Å². The Morgan fingerprint density at radius 1 is 1.56 bits per heavy atom. The lowest BCUT2D eigenvalue weighted by Crippen LogP contribution is -2.30. The van der Waals surface area contributed by atoms with E-state index in [1.165, 1.54) is 18.5 Å². The van der Waals surface area contributed by atoms with Crippen LogP contribution in [0.3, 0.4) is 0 Å². The number of hydrogen-bond donors (Lipinski definition) is 2. The molecule has 1 aromatic rings. The molecule has 0 saturated carbocycles. The fraction of sp³-hybridized carbons (Fsp3) is 0.500. The van der Waals surface area contributed by atoms with Crippen LogP contribution in [0.2, 0.25) is 0 Å². The van der Waals surface area contributed by atoms with Crippen molar-refractivity contribution in [3.63, 3.8) is 0 Å². The highest BCUT2D eigenvalue weighted by Gasteiger charge is 2.13. The Kier molecular flexibility index (Phi) is 4.85. The van der Waals surface area contributed by atoms with Gasteiger partial charge in [-0.05, 0) is 25.0 Å². The number of rotatable bonds is 6. The van der Waals surface area contributed by atoms with Gasteiger partial charge in [0, 0.05) is 25.0 Å². The zero-order valence-electron chi connectivity index (χ0n) is 9.26. The summed E-state index contributed by atoms with van der Waals surface area (Å²) in [6.07, 6.45) is 4.33. The first-order valence-electron chi connectivity index (χ1n) is 5.21. The van der Waals surface area contributed by atoms with Gasteiger partial charge in [0.2, 0.25) is 10.0 Å². The first-order valence-corrected chi connectivity index (χ1v) is 6.70. The molecule has 3 N–H and O–H groups in total. The molecule has 0 amide bonds. The van der Waals surface area contributed by atoms with E-state index in [0.717, 1.165) is 6.42 Å². The molecule has 1 atom stereocenters. The summed E-state index contributed by atoms with van der Waals surface area (Å²) in [6, 6.07) is 3.14. The van der Waals surface area contributed by atoms with Gasteiger partial charge in [0.05, 0.1) is 0 Å². The van der Waals surface area contributed by atoms with Crippen molar-refractivity contribution in [2.75, 3.05) is 6.54 Å². The van der Waals surface area contributed by atoms with Gasteiger partial charge in [-0.3, -0.25) is 4.98 Å². The molecule has 0 aliphatic carbocycles. The van der Waals surface area contributed by atoms with Gasteiger partial charge in [-0.25, -0.2) is 13.1 Å². The fourth-order valence-corrected chi connectivity index (χ4v) is 2.18. The molecule has 0 bridgehead atoms. The highest BCUT2D eigenvalue weighted by molar-refractivity contribution is 7.89. The molecular formula is C10H17N3O2S. The molecule has 1 rings (SSSR count). The zero-order chi connectivity index (χ0) is 12.0. The van der Waals surface area contributed by atoms with Gasteiger partial charge in [-0.1, -0.05) is 6.92 Å². The van der Waals surface area contributed by atoms with Crippen molar-refractivity contribution >= 4 is 10.0 Å². The summed E-state index contributed by atoms with van der Waals surface area (Å²) in [5.74, 6) is 0. The van der Waals surface area contributed by atoms with Crippen molar-refractivity contribution in [2.24, 2.45) is 5.73 Å². The highest BCUT2D eigenvalue weighted by Crippen LogP contribution is 2.05. The van der Waals surface area contributed by atoms with E-state index < -0.39 is 10.0 Å². The van der Waals surface area contributed by atoms with Gasteiger partial charge in [0.15, 0.2) is 0 Å². The lowest BCUT2D eigenvalue weighted by atomic mass is 10.2. The van der Waals surface area contributed by atoms with Crippen molar-refractivity contribution in [1.82, 2.24) is 9.71 Å². The Morgan fingerprint density at radius 2 is 2.31 bits per heavy atom. The van der Waals surface area contributed by atoms with Crippen molar-refractivity contribution < 1.29 is 8.42 Å². The molecule has 0 fully saturated rings. The van der Waals surface area contributed by atoms with Crippen molar-refractivity contribution in [3.05, 3.63) is 24.5 Å². The smallest absolute Gasteiger partial charge is 0.242 e. The Bertz CT molecular complexity index is 405. The van der Waals surface area contributed by atoms with Gasteiger partial charge in [-0.15, -0.1) is 0 Å². The maximum absolute atomic E-state index is 11.7. The summed E-state index contributed by atoms with van der Waals surface area (Å²) < 4.78 is 25.9. The van der Waals surface area contributed by atoms with Crippen LogP contribution < -0.4 is 10.5 Å². The quantitative estimate of drug-likeness (QED) is 0.761. The molecule has 1 heterocycles. The van der Waals surface area contributed by atoms with Gasteiger partial charge >= 0.3 is 0 Å². The second-order valence-electron chi connectivity index (χ2n) is 3.54. The SMILES string of the molecule is CCC(N)CCNS(=O)(=O)c1cccnc1. The average Bonchev–Trinajstić information content (AvgIpc) is 2.30. The van der Waals surface area contributed by atoms with Crippen LogP contribution in [0.4, 0.5) is 0 Å². The molecule has 0 saturated heterocycles. The molecule has 16 heavy (non-hydrogen) atoms. The maximum Gasteiger partial charge on any atom is 0.242 e. The van der Waals surface area contributed by atoms with Crippen LogP contribution in [0.5, 0.6) is 0 Å². The Hall–Kier alpha value is -0.980. The molecule has 6 heteroatoms. The van der Waals surface area contributed by atoms with Gasteiger partial charge in [0.1, 0.15) is 4.90 Å². The van der Waals surface area contributed by atoms with Crippen molar-refractivity contribution in [1.29, 1.82) is 0 Å². The van der Waals surface area contributed by atoms with Crippen LogP contribution in [0.1, 0.15) is 19.8 Å². The molecule has 1 aromatic heterocycles. The maximum atomic E-state index is 11.7. The van der Waals surface area contributed by atoms with Crippen LogP contribution >= 0.6 is 0 Å². The molecule has 0 aliphatic heterocycles. The zero-order valence-corrected chi connectivity index (χ0v) is 10.1. The number of aromatic nitrogens is 1. The minimum atomic E-state index is -3.43. The minimum Gasteiger partial charge on any atom is -0.328 e. The molecule has 0 radical (unpaired) electrons. The van der Waals surface area contributed by atoms with E-state index in [0.29, 0.717) is 13.0 Å². The van der Waals surface area contributed by atoms with Gasteiger partial charge < -0.3 is 5.73 Å². The second-order valence-corrected chi connectivity index (χ2v) is 5.31. The molecular weight excluding hydrogens is 226 g/mol. The Morgan fingerprint density at radius 3 is 2.88 bits per heavy atom. The number of pyridine rings is 1. The summed E-state index contributed by atoms with van der Waals surface area (Å²) in [5.41, 5.74) is 5.69. The fourth-order valence-electron chi connectivity index (χ4n) is 1.17. The number of nitrogens with one attached hydrogen (secondary N) is 1. The summed E-state index contributed by atoms with van der Waals surface area (Å²) in [6.45, 7) is 2.33. The average molecular weight is 243 g/mol. The Balaban J connectivity index is 2.54. The number of nitrogens with two attached hydrogens (primary N) is 1. The molecule has 5 nitrogen and oxygen atoms in total. The van der Waals surface area contributed by atoms with Crippen molar-refractivity contribution in [3.8, 4) is 0 Å². The van der Waals surface area contributed by atoms with Gasteiger partial charge in [-0.2, -0.15) is 0 Å². The van der Waals surface area contributed by atoms with E-state index in [1.807, 2.05) is 6.92 Å². The van der Waals surface area contributed by atoms with Crippen LogP contribution in [-0.2, 0) is 10.0 Å². The first kappa shape index (κ1) is 13.1. The van der Waals surface area contributed by atoms with E-state index >= 15 is 0 Å². The first-order chi connectivity index (χ1) is 7.56. The van der Waals surface area contributed by atoms with Crippen LogP contribution in [-0.4, -0.2) is 26.0 Å². The lowest BCUT2D eigenvalue weighted by molar-refractivity contribution is 0.557. The molecule has 1 unspecified atom stereocenters. The number of hydrogen-bond acceptors (Lipinski definition) is 4. The summed E-state index contributed by atoms with van der Waals surface area (Å²) >= 11 is 0.